The molecule has 3 aromatic carbocycles. The number of ether oxygens (including phenoxy) is 2. The van der Waals surface area contributed by atoms with Crippen molar-refractivity contribution in [3.05, 3.63) is 77.9 Å². The molecule has 0 heterocycles. The van der Waals surface area contributed by atoms with Crippen molar-refractivity contribution < 1.29 is 18.9 Å². The van der Waals surface area contributed by atoms with Crippen LogP contribution in [0.4, 0.5) is 5.69 Å². The van der Waals surface area contributed by atoms with Crippen LogP contribution in [0.2, 0.25) is 0 Å². The fraction of sp³-hybridized carbons (Fsp3) is 0.143. The third-order valence-electron chi connectivity index (χ3n) is 3.91. The standard InChI is InChI=1S/C21H20NO4P/c1-15-4-8-17(9-5-15)25-21-14-19(24-3)12-13-20(21)22(27-23)26-18-10-6-16(2)7-11-18/h4-14H,1-3H3. The first kappa shape index (κ1) is 18.7. The summed E-state index contributed by atoms with van der Waals surface area (Å²) in [6, 6.07) is 20.4. The predicted octanol–water partition coefficient (Wildman–Crippen LogP) is 6.11. The molecule has 0 atom stereocenters. The summed E-state index contributed by atoms with van der Waals surface area (Å²) < 4.78 is 23.1. The predicted molar refractivity (Wildman–Crippen MR) is 106 cm³/mol. The third kappa shape index (κ3) is 4.78. The minimum Gasteiger partial charge on any atom is -0.497 e. The highest BCUT2D eigenvalue weighted by Crippen LogP contribution is 2.38. The molecule has 5 nitrogen and oxygen atoms in total. The van der Waals surface area contributed by atoms with Crippen LogP contribution in [0.1, 0.15) is 11.1 Å². The summed E-state index contributed by atoms with van der Waals surface area (Å²) in [5.41, 5.74) is 2.76. The molecule has 0 aliphatic heterocycles. The van der Waals surface area contributed by atoms with Crippen molar-refractivity contribution in [2.75, 3.05) is 11.9 Å². The Bertz CT molecular complexity index is 910. The summed E-state index contributed by atoms with van der Waals surface area (Å²) in [7, 11) is 1.25. The summed E-state index contributed by atoms with van der Waals surface area (Å²) in [5, 5.41) is 0. The number of methoxy groups -OCH3 is 1. The van der Waals surface area contributed by atoms with Crippen LogP contribution in [0, 0.1) is 13.8 Å². The summed E-state index contributed by atoms with van der Waals surface area (Å²) in [4.78, 5) is 6.99. The highest BCUT2D eigenvalue weighted by atomic mass is 31.1. The Morgan fingerprint density at radius 2 is 1.33 bits per heavy atom. The van der Waals surface area contributed by atoms with Crippen molar-refractivity contribution in [1.29, 1.82) is 0 Å². The van der Waals surface area contributed by atoms with Gasteiger partial charge in [0.1, 0.15) is 17.2 Å². The maximum atomic E-state index is 11.8. The van der Waals surface area contributed by atoms with E-state index >= 15 is 0 Å². The lowest BCUT2D eigenvalue weighted by molar-refractivity contribution is 0.339. The van der Waals surface area contributed by atoms with E-state index in [9.17, 15) is 4.57 Å². The number of rotatable bonds is 7. The van der Waals surface area contributed by atoms with Gasteiger partial charge in [-0.15, -0.1) is 4.83 Å². The summed E-state index contributed by atoms with van der Waals surface area (Å²) in [6.07, 6.45) is 0. The van der Waals surface area contributed by atoms with Crippen molar-refractivity contribution in [3.63, 3.8) is 0 Å². The minimum atomic E-state index is -0.328. The Balaban J connectivity index is 1.92. The zero-order valence-electron chi connectivity index (χ0n) is 15.4. The Morgan fingerprint density at radius 1 is 0.778 bits per heavy atom. The van der Waals surface area contributed by atoms with Gasteiger partial charge in [-0.25, -0.2) is 4.57 Å². The van der Waals surface area contributed by atoms with E-state index in [0.29, 0.717) is 28.7 Å². The number of hydrogen-bond donors (Lipinski definition) is 0. The molecule has 3 aromatic rings. The summed E-state index contributed by atoms with van der Waals surface area (Å²) in [5.74, 6) is 2.32. The molecule has 0 bridgehead atoms. The molecule has 138 valence electrons. The van der Waals surface area contributed by atoms with Gasteiger partial charge in [0.15, 0.2) is 11.5 Å². The Hall–Kier alpha value is -3.04. The third-order valence-corrected chi connectivity index (χ3v) is 4.35. The van der Waals surface area contributed by atoms with E-state index in [0.717, 1.165) is 11.1 Å². The number of benzene rings is 3. The topological polar surface area (TPSA) is 48.0 Å². The van der Waals surface area contributed by atoms with E-state index in [1.54, 1.807) is 25.3 Å². The molecule has 0 radical (unpaired) electrons. The van der Waals surface area contributed by atoms with E-state index in [1.807, 2.05) is 62.4 Å². The van der Waals surface area contributed by atoms with E-state index in [4.69, 9.17) is 14.3 Å². The van der Waals surface area contributed by atoms with Gasteiger partial charge in [0.2, 0.25) is 0 Å². The van der Waals surface area contributed by atoms with Gasteiger partial charge in [0.25, 0.3) is 0 Å². The van der Waals surface area contributed by atoms with E-state index in [-0.39, 0.29) is 8.61 Å². The normalized spacial score (nSPS) is 10.5. The first-order chi connectivity index (χ1) is 13.1. The molecule has 0 spiro atoms. The van der Waals surface area contributed by atoms with Crippen LogP contribution in [0.25, 0.3) is 0 Å². The number of nitrogens with zero attached hydrogens (tertiary/aromatic N) is 1. The van der Waals surface area contributed by atoms with Crippen LogP contribution in [0.15, 0.2) is 66.7 Å². The van der Waals surface area contributed by atoms with Crippen LogP contribution in [-0.4, -0.2) is 7.11 Å². The Morgan fingerprint density at radius 3 is 1.89 bits per heavy atom. The molecule has 0 aromatic heterocycles. The van der Waals surface area contributed by atoms with Gasteiger partial charge in [-0.2, -0.15) is 0 Å². The van der Waals surface area contributed by atoms with Crippen LogP contribution < -0.4 is 19.1 Å². The van der Waals surface area contributed by atoms with E-state index in [1.165, 1.54) is 4.83 Å². The molecule has 6 heteroatoms. The molecule has 0 unspecified atom stereocenters. The quantitative estimate of drug-likeness (QED) is 0.365. The second-order valence-electron chi connectivity index (χ2n) is 6.01. The van der Waals surface area contributed by atoms with Crippen molar-refractivity contribution in [2.45, 2.75) is 13.8 Å². The zero-order chi connectivity index (χ0) is 19.2. The lowest BCUT2D eigenvalue weighted by atomic mass is 10.2. The molecule has 27 heavy (non-hydrogen) atoms. The van der Waals surface area contributed by atoms with Gasteiger partial charge in [0.05, 0.1) is 7.11 Å². The van der Waals surface area contributed by atoms with Gasteiger partial charge in [-0.1, -0.05) is 35.4 Å². The lowest BCUT2D eigenvalue weighted by Gasteiger charge is -2.20. The van der Waals surface area contributed by atoms with Crippen molar-refractivity contribution in [1.82, 2.24) is 0 Å². The van der Waals surface area contributed by atoms with Crippen molar-refractivity contribution in [3.8, 4) is 23.0 Å². The van der Waals surface area contributed by atoms with Crippen LogP contribution >= 0.6 is 8.61 Å². The lowest BCUT2D eigenvalue weighted by Crippen LogP contribution is -2.16. The molecule has 0 aliphatic carbocycles. The van der Waals surface area contributed by atoms with Crippen molar-refractivity contribution >= 4 is 14.3 Å². The molecule has 0 aliphatic rings. The van der Waals surface area contributed by atoms with Gasteiger partial charge in [-0.05, 0) is 50.2 Å². The Kier molecular flexibility index (Phi) is 5.94. The maximum Gasteiger partial charge on any atom is 0.318 e. The second-order valence-corrected chi connectivity index (χ2v) is 6.53. The van der Waals surface area contributed by atoms with E-state index < -0.39 is 0 Å². The highest BCUT2D eigenvalue weighted by Gasteiger charge is 2.17. The largest absolute Gasteiger partial charge is 0.497 e. The summed E-state index contributed by atoms with van der Waals surface area (Å²) >= 11 is 0. The fourth-order valence-electron chi connectivity index (χ4n) is 2.40. The number of hydrogen-bond acceptors (Lipinski definition) is 4. The average molecular weight is 381 g/mol. The van der Waals surface area contributed by atoms with Crippen LogP contribution in [0.3, 0.4) is 0 Å². The van der Waals surface area contributed by atoms with Crippen molar-refractivity contribution in [2.24, 2.45) is 0 Å². The molecule has 0 amide bonds. The monoisotopic (exact) mass is 381 g/mol. The zero-order valence-corrected chi connectivity index (χ0v) is 16.3. The average Bonchev–Trinajstić information content (AvgIpc) is 2.69. The Labute approximate surface area is 160 Å². The molecule has 0 saturated carbocycles. The SMILES string of the molecule is COc1ccc(N(Oc2ccc(C)cc2)P=O)c(Oc2ccc(C)cc2)c1. The molecule has 0 saturated heterocycles. The number of aryl methyl sites for hydroxylation is 2. The van der Waals surface area contributed by atoms with E-state index in [2.05, 4.69) is 0 Å². The van der Waals surface area contributed by atoms with Gasteiger partial charge >= 0.3 is 8.61 Å². The smallest absolute Gasteiger partial charge is 0.318 e. The molecule has 0 N–H and O–H groups in total. The highest BCUT2D eigenvalue weighted by molar-refractivity contribution is 7.25. The summed E-state index contributed by atoms with van der Waals surface area (Å²) in [6.45, 7) is 4.00. The fourth-order valence-corrected chi connectivity index (χ4v) is 2.78. The number of anilines is 1. The van der Waals surface area contributed by atoms with Gasteiger partial charge in [-0.3, -0.25) is 0 Å². The molecular weight excluding hydrogens is 361 g/mol. The van der Waals surface area contributed by atoms with Gasteiger partial charge in [0, 0.05) is 6.07 Å². The molecule has 0 fully saturated rings. The molecule has 3 rings (SSSR count). The second kappa shape index (κ2) is 8.56. The minimum absolute atomic E-state index is 0.328. The van der Waals surface area contributed by atoms with Gasteiger partial charge < -0.3 is 14.3 Å². The molecular formula is C21H20NO4P. The first-order valence-electron chi connectivity index (χ1n) is 8.39. The maximum absolute atomic E-state index is 11.8. The van der Waals surface area contributed by atoms with Crippen LogP contribution in [0.5, 0.6) is 23.0 Å². The first-order valence-corrected chi connectivity index (χ1v) is 9.16. The van der Waals surface area contributed by atoms with Crippen LogP contribution in [-0.2, 0) is 4.57 Å².